The van der Waals surface area contributed by atoms with Gasteiger partial charge in [0.15, 0.2) is 5.69 Å². The molecule has 3 rings (SSSR count). The topological polar surface area (TPSA) is 140 Å². The molecule has 1 amide bonds. The molecule has 1 aromatic carbocycles. The fourth-order valence-corrected chi connectivity index (χ4v) is 2.68. The molecule has 0 fully saturated rings. The van der Waals surface area contributed by atoms with Crippen LogP contribution < -0.4 is 11.2 Å². The Morgan fingerprint density at radius 3 is 2.66 bits per heavy atom. The van der Waals surface area contributed by atoms with E-state index in [4.69, 9.17) is 17.3 Å². The summed E-state index contributed by atoms with van der Waals surface area (Å²) in [5.74, 6) is -0.301. The van der Waals surface area contributed by atoms with Gasteiger partial charge in [0.1, 0.15) is 0 Å². The lowest BCUT2D eigenvalue weighted by Crippen LogP contribution is -2.27. The minimum Gasteiger partial charge on any atom is -0.378 e. The van der Waals surface area contributed by atoms with Crippen LogP contribution in [-0.4, -0.2) is 55.4 Å². The maximum absolute atomic E-state index is 12.7. The van der Waals surface area contributed by atoms with Crippen molar-refractivity contribution in [2.75, 3.05) is 18.8 Å². The third-order valence-electron chi connectivity index (χ3n) is 4.19. The van der Waals surface area contributed by atoms with E-state index in [1.165, 1.54) is 10.9 Å². The van der Waals surface area contributed by atoms with Crippen LogP contribution in [0.15, 0.2) is 34.0 Å². The van der Waals surface area contributed by atoms with Gasteiger partial charge in [-0.05, 0) is 41.1 Å². The van der Waals surface area contributed by atoms with Gasteiger partial charge in [-0.15, -0.1) is 5.10 Å². The van der Waals surface area contributed by atoms with E-state index in [0.717, 1.165) is 18.7 Å². The molecule has 0 aliphatic rings. The van der Waals surface area contributed by atoms with Crippen molar-refractivity contribution < 1.29 is 9.42 Å². The number of nitrogens with zero attached hydrogens (tertiary/aromatic N) is 7. The highest BCUT2D eigenvalue weighted by Gasteiger charge is 2.24. The zero-order chi connectivity index (χ0) is 20.8. The molecule has 0 aliphatic heterocycles. The van der Waals surface area contributed by atoms with Crippen LogP contribution in [0, 0.1) is 0 Å². The zero-order valence-electron chi connectivity index (χ0n) is 15.9. The first-order chi connectivity index (χ1) is 14.0. The molecule has 0 atom stereocenters. The fraction of sp³-hybridized carbons (Fsp3) is 0.294. The lowest BCUT2D eigenvalue weighted by Gasteiger charge is -2.18. The van der Waals surface area contributed by atoms with Gasteiger partial charge in [-0.3, -0.25) is 9.69 Å². The molecule has 0 aliphatic carbocycles. The minimum atomic E-state index is -0.515. The van der Waals surface area contributed by atoms with Gasteiger partial charge in [0.2, 0.25) is 11.6 Å². The predicted octanol–water partition coefficient (Wildman–Crippen LogP) is 1.49. The first-order valence-electron chi connectivity index (χ1n) is 8.87. The molecule has 0 bridgehead atoms. The van der Waals surface area contributed by atoms with Crippen molar-refractivity contribution in [2.24, 2.45) is 5.10 Å². The summed E-state index contributed by atoms with van der Waals surface area (Å²) in [5.41, 5.74) is 9.61. The predicted molar refractivity (Wildman–Crippen MR) is 107 cm³/mol. The van der Waals surface area contributed by atoms with Crippen molar-refractivity contribution in [1.29, 1.82) is 0 Å². The Balaban J connectivity index is 1.85. The Morgan fingerprint density at radius 2 is 2.03 bits per heavy atom. The van der Waals surface area contributed by atoms with Crippen molar-refractivity contribution in [2.45, 2.75) is 20.4 Å². The van der Waals surface area contributed by atoms with Crippen molar-refractivity contribution in [1.82, 2.24) is 35.6 Å². The zero-order valence-corrected chi connectivity index (χ0v) is 16.7. The number of nitrogen functional groups attached to an aromatic ring is 1. The Kier molecular flexibility index (Phi) is 6.52. The highest BCUT2D eigenvalue weighted by atomic mass is 35.5. The van der Waals surface area contributed by atoms with Crippen LogP contribution >= 0.6 is 11.6 Å². The first-order valence-corrected chi connectivity index (χ1v) is 9.25. The summed E-state index contributed by atoms with van der Waals surface area (Å²) < 4.78 is 5.99. The van der Waals surface area contributed by atoms with Crippen LogP contribution in [-0.2, 0) is 6.54 Å². The number of amides is 1. The van der Waals surface area contributed by atoms with E-state index in [2.05, 4.69) is 40.7 Å². The number of aromatic nitrogens is 5. The molecule has 152 valence electrons. The number of hydrogen-bond acceptors (Lipinski definition) is 9. The maximum atomic E-state index is 12.7. The Morgan fingerprint density at radius 1 is 1.31 bits per heavy atom. The fourth-order valence-electron chi connectivity index (χ4n) is 2.55. The van der Waals surface area contributed by atoms with Crippen LogP contribution in [0.5, 0.6) is 0 Å². The summed E-state index contributed by atoms with van der Waals surface area (Å²) in [5, 5.41) is 19.9. The summed E-state index contributed by atoms with van der Waals surface area (Å²) in [6.07, 6.45) is 1.50. The van der Waals surface area contributed by atoms with Crippen LogP contribution in [0.1, 0.15) is 35.6 Å². The average molecular weight is 418 g/mol. The Hall–Kier alpha value is -3.31. The van der Waals surface area contributed by atoms with Gasteiger partial charge in [-0.2, -0.15) is 9.78 Å². The normalized spacial score (nSPS) is 11.4. The number of hydrazone groups is 1. The van der Waals surface area contributed by atoms with Gasteiger partial charge in [0, 0.05) is 11.6 Å². The SMILES string of the molecule is CCN(CC)Cc1c(C(=O)N/N=C/c2ccc(Cl)cc2)nnn1-c1nonc1N. The minimum absolute atomic E-state index is 0.0448. The lowest BCUT2D eigenvalue weighted by molar-refractivity contribution is 0.0948. The highest BCUT2D eigenvalue weighted by molar-refractivity contribution is 6.30. The second kappa shape index (κ2) is 9.26. The molecule has 0 saturated heterocycles. The van der Waals surface area contributed by atoms with E-state index in [9.17, 15) is 4.79 Å². The van der Waals surface area contributed by atoms with Gasteiger partial charge < -0.3 is 5.73 Å². The van der Waals surface area contributed by atoms with Gasteiger partial charge in [0.25, 0.3) is 5.91 Å². The second-order valence-electron chi connectivity index (χ2n) is 5.98. The molecule has 2 aromatic heterocycles. The summed E-state index contributed by atoms with van der Waals surface area (Å²) in [6, 6.07) is 7.02. The smallest absolute Gasteiger partial charge is 0.293 e. The van der Waals surface area contributed by atoms with Gasteiger partial charge in [-0.25, -0.2) is 10.1 Å². The van der Waals surface area contributed by atoms with Crippen LogP contribution in [0.2, 0.25) is 5.02 Å². The van der Waals surface area contributed by atoms with E-state index in [1.54, 1.807) is 24.3 Å². The molecule has 29 heavy (non-hydrogen) atoms. The number of carbonyl (C=O) groups is 1. The summed E-state index contributed by atoms with van der Waals surface area (Å²) in [4.78, 5) is 14.8. The molecule has 3 aromatic rings. The quantitative estimate of drug-likeness (QED) is 0.415. The Bertz CT molecular complexity index is 993. The van der Waals surface area contributed by atoms with Gasteiger partial charge in [-0.1, -0.05) is 42.8 Å². The molecule has 0 saturated carbocycles. The van der Waals surface area contributed by atoms with E-state index >= 15 is 0 Å². The van der Waals surface area contributed by atoms with Crippen molar-refractivity contribution >= 4 is 29.5 Å². The number of halogens is 1. The molecule has 2 heterocycles. The monoisotopic (exact) mass is 417 g/mol. The highest BCUT2D eigenvalue weighted by Crippen LogP contribution is 2.17. The summed E-state index contributed by atoms with van der Waals surface area (Å²) in [7, 11) is 0. The molecular formula is C17H20ClN9O2. The van der Waals surface area contributed by atoms with Crippen LogP contribution in [0.25, 0.3) is 5.82 Å². The molecule has 0 unspecified atom stereocenters. The van der Waals surface area contributed by atoms with E-state index < -0.39 is 5.91 Å². The molecule has 3 N–H and O–H groups in total. The van der Waals surface area contributed by atoms with Crippen LogP contribution in [0.3, 0.4) is 0 Å². The number of nitrogens with one attached hydrogen (secondary N) is 1. The molecule has 0 radical (unpaired) electrons. The number of carbonyl (C=O) groups excluding carboxylic acids is 1. The number of nitrogens with two attached hydrogens (primary N) is 1. The van der Waals surface area contributed by atoms with E-state index in [-0.39, 0.29) is 17.3 Å². The van der Waals surface area contributed by atoms with Crippen molar-refractivity contribution in [3.05, 3.63) is 46.2 Å². The number of rotatable bonds is 8. The summed E-state index contributed by atoms with van der Waals surface area (Å²) in [6.45, 7) is 5.96. The Labute approximate surface area is 171 Å². The summed E-state index contributed by atoms with van der Waals surface area (Å²) >= 11 is 5.85. The van der Waals surface area contributed by atoms with Crippen LogP contribution in [0.4, 0.5) is 5.82 Å². The molecule has 0 spiro atoms. The van der Waals surface area contributed by atoms with Gasteiger partial charge >= 0.3 is 0 Å². The number of anilines is 1. The third-order valence-corrected chi connectivity index (χ3v) is 4.44. The second-order valence-corrected chi connectivity index (χ2v) is 6.42. The van der Waals surface area contributed by atoms with Crippen molar-refractivity contribution in [3.8, 4) is 5.82 Å². The number of benzene rings is 1. The van der Waals surface area contributed by atoms with Crippen molar-refractivity contribution in [3.63, 3.8) is 0 Å². The van der Waals surface area contributed by atoms with Gasteiger partial charge in [0.05, 0.1) is 11.9 Å². The van der Waals surface area contributed by atoms with E-state index in [0.29, 0.717) is 17.3 Å². The van der Waals surface area contributed by atoms with E-state index in [1.807, 2.05) is 13.8 Å². The number of hydrogen-bond donors (Lipinski definition) is 2. The average Bonchev–Trinajstić information content (AvgIpc) is 3.33. The molecule has 11 nitrogen and oxygen atoms in total. The first kappa shape index (κ1) is 20.4. The molecule has 12 heteroatoms. The molecular weight excluding hydrogens is 398 g/mol. The lowest BCUT2D eigenvalue weighted by atomic mass is 10.2. The largest absolute Gasteiger partial charge is 0.378 e. The maximum Gasteiger partial charge on any atom is 0.293 e. The standard InChI is InChI=1S/C17H20ClN9O2/c1-3-26(4-2)10-13-14(21-25-27(13)16-15(19)23-29-24-16)17(28)22-20-9-11-5-7-12(18)8-6-11/h5-9H,3-4,10H2,1-2H3,(H2,19,23)(H,22,28)/b20-9+. The third kappa shape index (κ3) is 4.76.